The molecular formula is C19H28O3. The Labute approximate surface area is 133 Å². The number of aryl methyl sites for hydroxylation is 1. The van der Waals surface area contributed by atoms with Crippen LogP contribution < -0.4 is 4.74 Å². The van der Waals surface area contributed by atoms with Crippen molar-refractivity contribution in [1.29, 1.82) is 0 Å². The Morgan fingerprint density at radius 2 is 2.00 bits per heavy atom. The van der Waals surface area contributed by atoms with Crippen molar-refractivity contribution in [2.75, 3.05) is 6.61 Å². The van der Waals surface area contributed by atoms with E-state index in [1.807, 2.05) is 19.9 Å². The average Bonchev–Trinajstić information content (AvgIpc) is 2.49. The number of ether oxygens (including phenoxy) is 1. The van der Waals surface area contributed by atoms with Crippen molar-refractivity contribution in [3.63, 3.8) is 0 Å². The molecule has 1 fully saturated rings. The van der Waals surface area contributed by atoms with Crippen LogP contribution in [0, 0.1) is 12.8 Å². The molecule has 1 aliphatic rings. The highest BCUT2D eigenvalue weighted by Gasteiger charge is 2.28. The Morgan fingerprint density at radius 1 is 1.32 bits per heavy atom. The molecule has 3 nitrogen and oxygen atoms in total. The summed E-state index contributed by atoms with van der Waals surface area (Å²) in [7, 11) is 0. The van der Waals surface area contributed by atoms with Crippen molar-refractivity contribution in [3.05, 3.63) is 23.3 Å². The van der Waals surface area contributed by atoms with Gasteiger partial charge in [-0.25, -0.2) is 0 Å². The van der Waals surface area contributed by atoms with Crippen LogP contribution in [0.4, 0.5) is 0 Å². The Balaban J connectivity index is 2.36. The van der Waals surface area contributed by atoms with Gasteiger partial charge in [-0.05, 0) is 63.1 Å². The van der Waals surface area contributed by atoms with E-state index in [1.165, 1.54) is 19.3 Å². The van der Waals surface area contributed by atoms with Crippen molar-refractivity contribution in [1.82, 2.24) is 0 Å². The first-order valence-electron chi connectivity index (χ1n) is 8.48. The normalized spacial score (nSPS) is 17.2. The second kappa shape index (κ2) is 7.66. The van der Waals surface area contributed by atoms with Gasteiger partial charge in [0, 0.05) is 12.0 Å². The number of phenolic OH excluding ortho intramolecular Hbond substituents is 1. The number of rotatable bonds is 6. The van der Waals surface area contributed by atoms with Crippen molar-refractivity contribution >= 4 is 5.78 Å². The predicted molar refractivity (Wildman–Crippen MR) is 88.6 cm³/mol. The highest BCUT2D eigenvalue weighted by molar-refractivity contribution is 5.76. The number of hydrogen-bond acceptors (Lipinski definition) is 3. The third-order valence-electron chi connectivity index (χ3n) is 4.75. The summed E-state index contributed by atoms with van der Waals surface area (Å²) < 4.78 is 5.68. The topological polar surface area (TPSA) is 46.5 Å². The maximum atomic E-state index is 11.7. The molecule has 0 bridgehead atoms. The lowest BCUT2D eigenvalue weighted by atomic mass is 9.74. The van der Waals surface area contributed by atoms with Gasteiger partial charge in [0.05, 0.1) is 6.61 Å². The van der Waals surface area contributed by atoms with Gasteiger partial charge in [0.25, 0.3) is 0 Å². The quantitative estimate of drug-likeness (QED) is 0.825. The highest BCUT2D eigenvalue weighted by Crippen LogP contribution is 2.43. The van der Waals surface area contributed by atoms with Crippen LogP contribution >= 0.6 is 0 Å². The summed E-state index contributed by atoms with van der Waals surface area (Å²) in [5.41, 5.74) is 1.82. The van der Waals surface area contributed by atoms with Crippen LogP contribution in [0.1, 0.15) is 69.4 Å². The first-order chi connectivity index (χ1) is 10.5. The zero-order valence-electron chi connectivity index (χ0n) is 14.0. The number of carbonyl (C=O) groups is 1. The molecule has 1 aliphatic carbocycles. The average molecular weight is 304 g/mol. The summed E-state index contributed by atoms with van der Waals surface area (Å²) in [4.78, 5) is 11.7. The third-order valence-corrected chi connectivity index (χ3v) is 4.75. The molecule has 1 aromatic rings. The molecule has 0 aromatic heterocycles. The highest BCUT2D eigenvalue weighted by atomic mass is 16.5. The van der Waals surface area contributed by atoms with Gasteiger partial charge in [0.1, 0.15) is 17.3 Å². The number of carbonyl (C=O) groups excluding carboxylic acids is 1. The second-order valence-electron chi connectivity index (χ2n) is 6.52. The maximum Gasteiger partial charge on any atom is 0.130 e. The number of aromatic hydroxyl groups is 1. The fourth-order valence-corrected chi connectivity index (χ4v) is 3.67. The minimum atomic E-state index is 0.109. The summed E-state index contributed by atoms with van der Waals surface area (Å²) in [6.45, 7) is 6.14. The second-order valence-corrected chi connectivity index (χ2v) is 6.52. The van der Waals surface area contributed by atoms with E-state index < -0.39 is 0 Å². The summed E-state index contributed by atoms with van der Waals surface area (Å²) in [5, 5.41) is 10.4. The summed E-state index contributed by atoms with van der Waals surface area (Å²) in [5.74, 6) is 1.91. The lowest BCUT2D eigenvalue weighted by molar-refractivity contribution is -0.117. The van der Waals surface area contributed by atoms with E-state index in [2.05, 4.69) is 0 Å². The van der Waals surface area contributed by atoms with Crippen LogP contribution in [0.3, 0.4) is 0 Å². The molecule has 0 spiro atoms. The van der Waals surface area contributed by atoms with E-state index in [4.69, 9.17) is 4.74 Å². The van der Waals surface area contributed by atoms with Crippen LogP contribution in [0.2, 0.25) is 0 Å². The van der Waals surface area contributed by atoms with E-state index in [0.717, 1.165) is 29.7 Å². The Morgan fingerprint density at radius 3 is 2.59 bits per heavy atom. The van der Waals surface area contributed by atoms with E-state index in [1.54, 1.807) is 13.0 Å². The van der Waals surface area contributed by atoms with Gasteiger partial charge in [-0.3, -0.25) is 0 Å². The predicted octanol–water partition coefficient (Wildman–Crippen LogP) is 4.74. The first-order valence-corrected chi connectivity index (χ1v) is 8.48. The Hall–Kier alpha value is -1.51. The van der Waals surface area contributed by atoms with Crippen molar-refractivity contribution in [2.45, 2.75) is 65.2 Å². The molecule has 3 heteroatoms. The van der Waals surface area contributed by atoms with Crippen LogP contribution in [0.25, 0.3) is 0 Å². The van der Waals surface area contributed by atoms with Crippen LogP contribution in [0.5, 0.6) is 11.5 Å². The van der Waals surface area contributed by atoms with Crippen molar-refractivity contribution < 1.29 is 14.6 Å². The molecule has 0 saturated heterocycles. The molecule has 1 atom stereocenters. The van der Waals surface area contributed by atoms with Crippen molar-refractivity contribution in [3.8, 4) is 11.5 Å². The summed E-state index contributed by atoms with van der Waals surface area (Å²) in [6, 6.07) is 3.73. The number of ketones is 1. The molecule has 1 saturated carbocycles. The molecule has 1 unspecified atom stereocenters. The Bertz CT molecular complexity index is 516. The van der Waals surface area contributed by atoms with Gasteiger partial charge in [-0.15, -0.1) is 0 Å². The first kappa shape index (κ1) is 16.9. The minimum Gasteiger partial charge on any atom is -0.508 e. The minimum absolute atomic E-state index is 0.109. The number of benzene rings is 1. The number of Topliss-reactive ketones (excluding diaryl/α,β-unsaturated/α-hetero) is 1. The van der Waals surface area contributed by atoms with Gasteiger partial charge in [-0.1, -0.05) is 19.3 Å². The van der Waals surface area contributed by atoms with Gasteiger partial charge < -0.3 is 14.6 Å². The van der Waals surface area contributed by atoms with Gasteiger partial charge in [0.15, 0.2) is 0 Å². The lowest BCUT2D eigenvalue weighted by Gasteiger charge is -2.31. The lowest BCUT2D eigenvalue weighted by Crippen LogP contribution is -2.19. The zero-order valence-corrected chi connectivity index (χ0v) is 14.0. The molecular weight excluding hydrogens is 276 g/mol. The zero-order chi connectivity index (χ0) is 16.1. The molecule has 0 heterocycles. The number of hydrogen-bond donors (Lipinski definition) is 1. The standard InChI is InChI=1S/C19H28O3/c1-4-22-19-12-17(18(21)10-13(19)2)16(11-14(3)20)15-8-6-5-7-9-15/h10,12,15-16,21H,4-9,11H2,1-3H3. The molecule has 2 rings (SSSR count). The molecule has 22 heavy (non-hydrogen) atoms. The van der Waals surface area contributed by atoms with Gasteiger partial charge in [-0.2, -0.15) is 0 Å². The van der Waals surface area contributed by atoms with Gasteiger partial charge >= 0.3 is 0 Å². The van der Waals surface area contributed by atoms with E-state index in [9.17, 15) is 9.90 Å². The molecule has 122 valence electrons. The van der Waals surface area contributed by atoms with Gasteiger partial charge in [0.2, 0.25) is 0 Å². The van der Waals surface area contributed by atoms with E-state index in [0.29, 0.717) is 24.7 Å². The van der Waals surface area contributed by atoms with E-state index >= 15 is 0 Å². The smallest absolute Gasteiger partial charge is 0.130 e. The molecule has 0 radical (unpaired) electrons. The molecule has 0 aliphatic heterocycles. The molecule has 0 amide bonds. The fourth-order valence-electron chi connectivity index (χ4n) is 3.67. The van der Waals surface area contributed by atoms with Crippen LogP contribution in [-0.2, 0) is 4.79 Å². The fraction of sp³-hybridized carbons (Fsp3) is 0.632. The Kier molecular flexibility index (Phi) is 5.87. The van der Waals surface area contributed by atoms with Crippen LogP contribution in [0.15, 0.2) is 12.1 Å². The monoisotopic (exact) mass is 304 g/mol. The van der Waals surface area contributed by atoms with Crippen molar-refractivity contribution in [2.24, 2.45) is 5.92 Å². The summed E-state index contributed by atoms with van der Waals surface area (Å²) >= 11 is 0. The maximum absolute atomic E-state index is 11.7. The SMILES string of the molecule is CCOc1cc(C(CC(C)=O)C2CCCCC2)c(O)cc1C. The third kappa shape index (κ3) is 4.02. The van der Waals surface area contributed by atoms with Crippen LogP contribution in [-0.4, -0.2) is 17.5 Å². The largest absolute Gasteiger partial charge is 0.508 e. The molecule has 1 aromatic carbocycles. The number of phenols is 1. The molecule has 1 N–H and O–H groups in total. The summed E-state index contributed by atoms with van der Waals surface area (Å²) in [6.07, 6.45) is 6.54. The van der Waals surface area contributed by atoms with E-state index in [-0.39, 0.29) is 11.7 Å².